The Morgan fingerprint density at radius 3 is 1.88 bits per heavy atom. The number of ether oxygens (including phenoxy) is 2. The molecular formula is C16H31KO6S. The zero-order valence-corrected chi connectivity index (χ0v) is 19.2. The van der Waals surface area contributed by atoms with E-state index in [2.05, 4.69) is 11.7 Å². The van der Waals surface area contributed by atoms with Crippen molar-refractivity contribution >= 4 is 16.1 Å². The monoisotopic (exact) mass is 390 g/mol. The van der Waals surface area contributed by atoms with Gasteiger partial charge in [-0.1, -0.05) is 64.7 Å². The predicted octanol–water partition coefficient (Wildman–Crippen LogP) is 0.364. The van der Waals surface area contributed by atoms with Gasteiger partial charge in [0.05, 0.1) is 6.61 Å². The number of unbranched alkanes of at least 4 members (excludes halogenated alkanes) is 9. The van der Waals surface area contributed by atoms with E-state index in [1.54, 1.807) is 0 Å². The second-order valence-electron chi connectivity index (χ2n) is 5.74. The molecule has 0 saturated carbocycles. The van der Waals surface area contributed by atoms with Gasteiger partial charge in [0.2, 0.25) is 0 Å². The van der Waals surface area contributed by atoms with Crippen molar-refractivity contribution in [2.24, 2.45) is 0 Å². The topological polar surface area (TPSA) is 92.7 Å². The molecule has 0 amide bonds. The summed E-state index contributed by atoms with van der Waals surface area (Å²) in [6.45, 7) is 2.12. The summed E-state index contributed by atoms with van der Waals surface area (Å²) in [6.07, 6.45) is 12.4. The zero-order chi connectivity index (χ0) is 17.4. The molecule has 8 heteroatoms. The summed E-state index contributed by atoms with van der Waals surface area (Å²) in [6, 6.07) is 0. The Labute approximate surface area is 189 Å². The number of hydrogen-bond acceptors (Lipinski definition) is 6. The molecule has 0 aliphatic heterocycles. The summed E-state index contributed by atoms with van der Waals surface area (Å²) >= 11 is 0. The van der Waals surface area contributed by atoms with Crippen LogP contribution in [0.5, 0.6) is 0 Å². The number of carbonyl (C=O) groups excluding carboxylic acids is 1. The summed E-state index contributed by atoms with van der Waals surface area (Å²) in [5.41, 5.74) is 0. The molecule has 0 radical (unpaired) electrons. The molecule has 0 spiro atoms. The molecule has 6 nitrogen and oxygen atoms in total. The first kappa shape index (κ1) is 27.2. The minimum Gasteiger partial charge on any atom is -0.746 e. The summed E-state index contributed by atoms with van der Waals surface area (Å²) < 4.78 is 40.2. The summed E-state index contributed by atoms with van der Waals surface area (Å²) in [7, 11) is -4.37. The van der Waals surface area contributed by atoms with Crippen LogP contribution in [0.3, 0.4) is 0 Å². The van der Waals surface area contributed by atoms with Crippen molar-refractivity contribution in [1.29, 1.82) is 0 Å². The zero-order valence-electron chi connectivity index (χ0n) is 15.3. The fourth-order valence-corrected chi connectivity index (χ4v) is 2.53. The first-order valence-corrected chi connectivity index (χ1v) is 10.2. The largest absolute Gasteiger partial charge is 1.00 e. The molecule has 24 heavy (non-hydrogen) atoms. The first-order valence-electron chi connectivity index (χ1n) is 8.62. The normalized spacial score (nSPS) is 11.1. The van der Waals surface area contributed by atoms with E-state index in [4.69, 9.17) is 4.74 Å². The Kier molecular flexibility index (Phi) is 21.3. The van der Waals surface area contributed by atoms with Gasteiger partial charge in [0.25, 0.3) is 0 Å². The Hall–Kier alpha value is 0.976. The third kappa shape index (κ3) is 23.0. The van der Waals surface area contributed by atoms with E-state index in [0.29, 0.717) is 6.42 Å². The van der Waals surface area contributed by atoms with Gasteiger partial charge in [0.1, 0.15) is 22.7 Å². The molecule has 0 N–H and O–H groups in total. The van der Waals surface area contributed by atoms with Crippen molar-refractivity contribution in [2.45, 2.75) is 77.6 Å². The third-order valence-electron chi connectivity index (χ3n) is 3.45. The van der Waals surface area contributed by atoms with Gasteiger partial charge in [0.15, 0.2) is 0 Å². The van der Waals surface area contributed by atoms with Crippen molar-refractivity contribution in [3.8, 4) is 0 Å². The van der Waals surface area contributed by atoms with Crippen LogP contribution in [-0.4, -0.2) is 38.1 Å². The smallest absolute Gasteiger partial charge is 0.746 e. The van der Waals surface area contributed by atoms with Crippen molar-refractivity contribution in [2.75, 3.05) is 19.2 Å². The van der Waals surface area contributed by atoms with Crippen LogP contribution in [0.15, 0.2) is 0 Å². The molecule has 0 bridgehead atoms. The summed E-state index contributed by atoms with van der Waals surface area (Å²) in [5, 5.41) is 0. The van der Waals surface area contributed by atoms with Crippen LogP contribution in [0, 0.1) is 0 Å². The first-order chi connectivity index (χ1) is 11.0. The van der Waals surface area contributed by atoms with Crippen LogP contribution in [0.4, 0.5) is 0 Å². The van der Waals surface area contributed by atoms with E-state index >= 15 is 0 Å². The Morgan fingerprint density at radius 1 is 0.875 bits per heavy atom. The maximum atomic E-state index is 11.4. The standard InChI is InChI=1S/C16H32O6S.K/c1-2-3-4-5-6-7-8-9-10-11-12-16(17)22-14-13-21-15-23(18,19)20;/h2-15H2,1H3,(H,18,19,20);/q;+1/p-1. The molecule has 0 aliphatic carbocycles. The van der Waals surface area contributed by atoms with E-state index in [1.807, 2.05) is 0 Å². The Bertz CT molecular complexity index is 386. The van der Waals surface area contributed by atoms with Gasteiger partial charge in [0, 0.05) is 6.42 Å². The van der Waals surface area contributed by atoms with Gasteiger partial charge in [-0.15, -0.1) is 0 Å². The Balaban J connectivity index is 0. The van der Waals surface area contributed by atoms with Gasteiger partial charge < -0.3 is 14.0 Å². The maximum Gasteiger partial charge on any atom is 1.00 e. The molecule has 0 heterocycles. The van der Waals surface area contributed by atoms with Crippen LogP contribution in [0.2, 0.25) is 0 Å². The summed E-state index contributed by atoms with van der Waals surface area (Å²) in [5.74, 6) is -1.19. The van der Waals surface area contributed by atoms with Crippen LogP contribution < -0.4 is 51.4 Å². The van der Waals surface area contributed by atoms with Gasteiger partial charge in [-0.2, -0.15) is 0 Å². The molecule has 0 saturated heterocycles. The van der Waals surface area contributed by atoms with Crippen LogP contribution in [0.1, 0.15) is 77.6 Å². The molecule has 0 aromatic rings. The van der Waals surface area contributed by atoms with Gasteiger partial charge in [-0.05, 0) is 6.42 Å². The molecule has 0 aliphatic rings. The molecule has 0 atom stereocenters. The predicted molar refractivity (Wildman–Crippen MR) is 87.9 cm³/mol. The molecule has 0 unspecified atom stereocenters. The number of hydrogen-bond donors (Lipinski definition) is 0. The minimum atomic E-state index is -4.37. The number of rotatable bonds is 16. The van der Waals surface area contributed by atoms with E-state index in [0.717, 1.165) is 19.3 Å². The van der Waals surface area contributed by atoms with E-state index < -0.39 is 16.1 Å². The van der Waals surface area contributed by atoms with Crippen LogP contribution in [-0.2, 0) is 24.4 Å². The van der Waals surface area contributed by atoms with Crippen molar-refractivity contribution in [1.82, 2.24) is 0 Å². The maximum absolute atomic E-state index is 11.4. The van der Waals surface area contributed by atoms with Gasteiger partial charge in [-0.3, -0.25) is 4.79 Å². The van der Waals surface area contributed by atoms with Gasteiger partial charge >= 0.3 is 57.4 Å². The molecule has 0 rings (SSSR count). The second-order valence-corrected chi connectivity index (χ2v) is 7.09. The minimum absolute atomic E-state index is 0. The average molecular weight is 391 g/mol. The Morgan fingerprint density at radius 2 is 1.38 bits per heavy atom. The number of carbonyl (C=O) groups is 1. The fraction of sp³-hybridized carbons (Fsp3) is 0.938. The van der Waals surface area contributed by atoms with E-state index in [-0.39, 0.29) is 70.6 Å². The molecular weight excluding hydrogens is 359 g/mol. The average Bonchev–Trinajstić information content (AvgIpc) is 2.47. The molecule has 0 fully saturated rings. The summed E-state index contributed by atoms with van der Waals surface area (Å²) in [4.78, 5) is 11.4. The van der Waals surface area contributed by atoms with Crippen LogP contribution >= 0.6 is 0 Å². The third-order valence-corrected chi connectivity index (χ3v) is 3.91. The second kappa shape index (κ2) is 18.8. The molecule has 138 valence electrons. The fourth-order valence-electron chi connectivity index (χ4n) is 2.20. The van der Waals surface area contributed by atoms with Crippen LogP contribution in [0.25, 0.3) is 0 Å². The number of esters is 1. The van der Waals surface area contributed by atoms with E-state index in [9.17, 15) is 17.8 Å². The molecule has 0 aromatic carbocycles. The van der Waals surface area contributed by atoms with Crippen molar-refractivity contribution < 1.29 is 78.6 Å². The van der Waals surface area contributed by atoms with Gasteiger partial charge in [-0.25, -0.2) is 8.42 Å². The molecule has 0 aromatic heterocycles. The quantitative estimate of drug-likeness (QED) is 0.164. The van der Waals surface area contributed by atoms with Crippen molar-refractivity contribution in [3.63, 3.8) is 0 Å². The van der Waals surface area contributed by atoms with Crippen molar-refractivity contribution in [3.05, 3.63) is 0 Å². The SMILES string of the molecule is CCCCCCCCCCCCC(=O)OCCOCS(=O)(=O)[O-].[K+]. The van der Waals surface area contributed by atoms with E-state index in [1.165, 1.54) is 44.9 Å².